The van der Waals surface area contributed by atoms with Gasteiger partial charge in [-0.1, -0.05) is 12.1 Å². The highest BCUT2D eigenvalue weighted by molar-refractivity contribution is 9.10. The zero-order valence-corrected chi connectivity index (χ0v) is 16.6. The van der Waals surface area contributed by atoms with Crippen molar-refractivity contribution in [3.8, 4) is 0 Å². The molecule has 8 heteroatoms. The lowest BCUT2D eigenvalue weighted by Crippen LogP contribution is -2.50. The van der Waals surface area contributed by atoms with Crippen LogP contribution in [0.3, 0.4) is 0 Å². The highest BCUT2D eigenvalue weighted by Crippen LogP contribution is 2.28. The fourth-order valence-corrected chi connectivity index (χ4v) is 5.30. The number of rotatable bonds is 3. The fraction of sp³-hybridized carbons (Fsp3) is 0.278. The molecule has 1 heterocycles. The van der Waals surface area contributed by atoms with Crippen molar-refractivity contribution in [3.05, 3.63) is 63.9 Å². The number of carbonyl (C=O) groups excluding carboxylic acids is 1. The number of benzene rings is 2. The van der Waals surface area contributed by atoms with Crippen molar-refractivity contribution >= 4 is 31.9 Å². The lowest BCUT2D eigenvalue weighted by molar-refractivity contribution is 0.0698. The smallest absolute Gasteiger partial charge is 0.253 e. The second-order valence-corrected chi connectivity index (χ2v) is 8.79. The highest BCUT2D eigenvalue weighted by Gasteiger charge is 2.31. The summed E-state index contributed by atoms with van der Waals surface area (Å²) in [6.07, 6.45) is 0. The highest BCUT2D eigenvalue weighted by atomic mass is 79.9. The van der Waals surface area contributed by atoms with E-state index < -0.39 is 15.8 Å². The van der Waals surface area contributed by atoms with E-state index in [4.69, 9.17) is 0 Å². The van der Waals surface area contributed by atoms with Crippen LogP contribution in [0.4, 0.5) is 4.39 Å². The third-order valence-electron chi connectivity index (χ3n) is 4.39. The molecule has 0 N–H and O–H groups in total. The normalized spacial score (nSPS) is 15.9. The summed E-state index contributed by atoms with van der Waals surface area (Å²) in [7, 11) is -3.64. The second kappa shape index (κ2) is 7.46. The summed E-state index contributed by atoms with van der Waals surface area (Å²) >= 11 is 3.35. The van der Waals surface area contributed by atoms with Crippen LogP contribution >= 0.6 is 15.9 Å². The standard InChI is InChI=1S/C18H18BrFN2O3S/c1-13-3-2-4-16(17(13)19)26(24,25)22-11-9-21(10-12-22)18(23)14-5-7-15(20)8-6-14/h2-8H,9-12H2,1H3. The molecule has 0 saturated carbocycles. The Kier molecular flexibility index (Phi) is 5.45. The van der Waals surface area contributed by atoms with E-state index in [2.05, 4.69) is 15.9 Å². The first-order valence-corrected chi connectivity index (χ1v) is 10.3. The average molecular weight is 441 g/mol. The summed E-state index contributed by atoms with van der Waals surface area (Å²) in [6.45, 7) is 2.85. The molecule has 1 aliphatic rings. The van der Waals surface area contributed by atoms with E-state index in [1.807, 2.05) is 13.0 Å². The van der Waals surface area contributed by atoms with Crippen LogP contribution in [0.2, 0.25) is 0 Å². The van der Waals surface area contributed by atoms with E-state index in [1.165, 1.54) is 28.6 Å². The third-order valence-corrected chi connectivity index (χ3v) is 7.65. The first-order valence-electron chi connectivity index (χ1n) is 8.11. The summed E-state index contributed by atoms with van der Waals surface area (Å²) in [5, 5.41) is 0. The van der Waals surface area contributed by atoms with Crippen LogP contribution in [0.15, 0.2) is 51.8 Å². The van der Waals surface area contributed by atoms with Gasteiger partial charge in [0.15, 0.2) is 0 Å². The Hall–Kier alpha value is -1.77. The monoisotopic (exact) mass is 440 g/mol. The molecule has 0 unspecified atom stereocenters. The zero-order valence-electron chi connectivity index (χ0n) is 14.2. The summed E-state index contributed by atoms with van der Waals surface area (Å²) in [5.74, 6) is -0.625. The molecule has 0 spiro atoms. The zero-order chi connectivity index (χ0) is 18.9. The Morgan fingerprint density at radius 1 is 1.04 bits per heavy atom. The van der Waals surface area contributed by atoms with Gasteiger partial charge >= 0.3 is 0 Å². The van der Waals surface area contributed by atoms with Gasteiger partial charge in [0.2, 0.25) is 10.0 Å². The number of piperazine rings is 1. The maximum atomic E-state index is 13.0. The minimum Gasteiger partial charge on any atom is -0.336 e. The molecule has 3 rings (SSSR count). The van der Waals surface area contributed by atoms with Gasteiger partial charge in [-0.25, -0.2) is 12.8 Å². The third kappa shape index (κ3) is 3.67. The molecule has 2 aromatic rings. The van der Waals surface area contributed by atoms with E-state index in [0.717, 1.165) is 5.56 Å². The number of hydrogen-bond donors (Lipinski definition) is 0. The van der Waals surface area contributed by atoms with Crippen LogP contribution in [0, 0.1) is 12.7 Å². The van der Waals surface area contributed by atoms with Gasteiger partial charge in [-0.2, -0.15) is 4.31 Å². The molecule has 26 heavy (non-hydrogen) atoms. The number of nitrogens with zero attached hydrogens (tertiary/aromatic N) is 2. The molecule has 0 aliphatic carbocycles. The van der Waals surface area contributed by atoms with Crippen LogP contribution in [0.1, 0.15) is 15.9 Å². The topological polar surface area (TPSA) is 57.7 Å². The maximum absolute atomic E-state index is 13.0. The minimum absolute atomic E-state index is 0.218. The molecule has 0 aromatic heterocycles. The Balaban J connectivity index is 1.72. The van der Waals surface area contributed by atoms with Crippen molar-refractivity contribution in [2.75, 3.05) is 26.2 Å². The number of amides is 1. The minimum atomic E-state index is -3.64. The van der Waals surface area contributed by atoms with E-state index in [9.17, 15) is 17.6 Å². The van der Waals surface area contributed by atoms with Gasteiger partial charge in [-0.3, -0.25) is 4.79 Å². The molecule has 0 bridgehead atoms. The predicted molar refractivity (Wildman–Crippen MR) is 99.9 cm³/mol. The van der Waals surface area contributed by atoms with Crippen molar-refractivity contribution in [1.82, 2.24) is 9.21 Å². The summed E-state index contributed by atoms with van der Waals surface area (Å²) < 4.78 is 40.7. The lowest BCUT2D eigenvalue weighted by Gasteiger charge is -2.34. The predicted octanol–water partition coefficient (Wildman–Crippen LogP) is 3.04. The molecule has 2 aromatic carbocycles. The van der Waals surface area contributed by atoms with Gasteiger partial charge in [-0.15, -0.1) is 0 Å². The summed E-state index contributed by atoms with van der Waals surface area (Å²) in [4.78, 5) is 14.3. The number of carbonyl (C=O) groups is 1. The molecule has 1 fully saturated rings. The SMILES string of the molecule is Cc1cccc(S(=O)(=O)N2CCN(C(=O)c3ccc(F)cc3)CC2)c1Br. The second-order valence-electron chi connectivity index (χ2n) is 6.09. The van der Waals surface area contributed by atoms with Crippen LogP contribution in [0.25, 0.3) is 0 Å². The molecular formula is C18H18BrFN2O3S. The van der Waals surface area contributed by atoms with Crippen molar-refractivity contribution in [2.45, 2.75) is 11.8 Å². The van der Waals surface area contributed by atoms with Gasteiger partial charge in [0.05, 0.1) is 4.90 Å². The van der Waals surface area contributed by atoms with Crippen LogP contribution in [-0.4, -0.2) is 49.7 Å². The average Bonchev–Trinajstić information content (AvgIpc) is 2.64. The maximum Gasteiger partial charge on any atom is 0.253 e. The number of halogens is 2. The van der Waals surface area contributed by atoms with Gasteiger partial charge in [0.25, 0.3) is 5.91 Å². The molecule has 1 aliphatic heterocycles. The molecular weight excluding hydrogens is 423 g/mol. The van der Waals surface area contributed by atoms with Gasteiger partial charge in [-0.05, 0) is 58.7 Å². The van der Waals surface area contributed by atoms with Crippen molar-refractivity contribution in [3.63, 3.8) is 0 Å². The molecule has 138 valence electrons. The number of aryl methyl sites for hydroxylation is 1. The van der Waals surface area contributed by atoms with E-state index in [0.29, 0.717) is 23.1 Å². The Morgan fingerprint density at radius 2 is 1.65 bits per heavy atom. The lowest BCUT2D eigenvalue weighted by atomic mass is 10.2. The van der Waals surface area contributed by atoms with E-state index in [1.54, 1.807) is 17.0 Å². The van der Waals surface area contributed by atoms with Gasteiger partial charge in [0, 0.05) is 36.2 Å². The first kappa shape index (κ1) is 19.0. The Labute approximate surface area is 160 Å². The first-order chi connectivity index (χ1) is 12.3. The molecule has 0 atom stereocenters. The summed E-state index contributed by atoms with van der Waals surface area (Å²) in [5.41, 5.74) is 1.24. The fourth-order valence-electron chi connectivity index (χ4n) is 2.87. The Morgan fingerprint density at radius 3 is 2.27 bits per heavy atom. The summed E-state index contributed by atoms with van der Waals surface area (Å²) in [6, 6.07) is 10.5. The van der Waals surface area contributed by atoms with E-state index in [-0.39, 0.29) is 23.9 Å². The van der Waals surface area contributed by atoms with E-state index >= 15 is 0 Å². The van der Waals surface area contributed by atoms with Crippen LogP contribution in [-0.2, 0) is 10.0 Å². The largest absolute Gasteiger partial charge is 0.336 e. The molecule has 0 radical (unpaired) electrons. The molecule has 1 amide bonds. The molecule has 5 nitrogen and oxygen atoms in total. The van der Waals surface area contributed by atoms with Gasteiger partial charge < -0.3 is 4.90 Å². The molecule has 1 saturated heterocycles. The van der Waals surface area contributed by atoms with Crippen LogP contribution < -0.4 is 0 Å². The Bertz CT molecular complexity index is 924. The quantitative estimate of drug-likeness (QED) is 0.736. The van der Waals surface area contributed by atoms with Crippen molar-refractivity contribution in [1.29, 1.82) is 0 Å². The number of sulfonamides is 1. The van der Waals surface area contributed by atoms with Crippen molar-refractivity contribution in [2.24, 2.45) is 0 Å². The number of hydrogen-bond acceptors (Lipinski definition) is 3. The van der Waals surface area contributed by atoms with Crippen LogP contribution in [0.5, 0.6) is 0 Å². The van der Waals surface area contributed by atoms with Crippen molar-refractivity contribution < 1.29 is 17.6 Å². The van der Waals surface area contributed by atoms with Gasteiger partial charge in [0.1, 0.15) is 5.82 Å².